The van der Waals surface area contributed by atoms with Crippen LogP contribution in [-0.4, -0.2) is 21.0 Å². The number of anilines is 2. The number of hydrogen-bond donors (Lipinski definition) is 2. The molecule has 3 atom stereocenters. The third kappa shape index (κ3) is 3.96. The van der Waals surface area contributed by atoms with E-state index in [9.17, 15) is 8.78 Å². The van der Waals surface area contributed by atoms with E-state index in [2.05, 4.69) is 27.2 Å². The molecule has 4 aromatic rings. The van der Waals surface area contributed by atoms with Gasteiger partial charge >= 0.3 is 0 Å². The summed E-state index contributed by atoms with van der Waals surface area (Å²) in [6.45, 7) is 2.24. The fourth-order valence-corrected chi connectivity index (χ4v) is 5.67. The molecular weight excluding hydrogens is 428 g/mol. The van der Waals surface area contributed by atoms with Crippen LogP contribution in [0.1, 0.15) is 37.7 Å². The molecule has 0 aliphatic heterocycles. The van der Waals surface area contributed by atoms with Gasteiger partial charge in [0, 0.05) is 18.4 Å². The number of pyridine rings is 2. The smallest absolute Gasteiger partial charge is 0.157 e. The Labute approximate surface area is 188 Å². The Morgan fingerprint density at radius 3 is 2.66 bits per heavy atom. The maximum atomic E-state index is 14.3. The minimum Gasteiger partial charge on any atom is -0.337 e. The molecule has 1 saturated carbocycles. The van der Waals surface area contributed by atoms with Crippen molar-refractivity contribution in [1.82, 2.24) is 15.0 Å². The van der Waals surface area contributed by atoms with Crippen molar-refractivity contribution < 1.29 is 8.78 Å². The molecule has 3 aromatic heterocycles. The first-order chi connectivity index (χ1) is 15.5. The maximum Gasteiger partial charge on any atom is 0.157 e. The fourth-order valence-electron chi connectivity index (χ4n) is 4.66. The number of thiazole rings is 1. The molecule has 1 aliphatic carbocycles. The van der Waals surface area contributed by atoms with Crippen LogP contribution < -0.4 is 11.1 Å². The Balaban J connectivity index is 1.53. The van der Waals surface area contributed by atoms with Crippen LogP contribution in [-0.2, 0) is 0 Å². The van der Waals surface area contributed by atoms with Gasteiger partial charge < -0.3 is 11.1 Å². The van der Waals surface area contributed by atoms with Crippen molar-refractivity contribution in [1.29, 1.82) is 0 Å². The van der Waals surface area contributed by atoms with Crippen molar-refractivity contribution in [3.8, 4) is 10.6 Å². The first-order valence-electron chi connectivity index (χ1n) is 10.7. The molecule has 0 spiro atoms. The zero-order valence-corrected chi connectivity index (χ0v) is 18.4. The second-order valence-electron chi connectivity index (χ2n) is 8.48. The molecule has 3 unspecified atom stereocenters. The number of halogens is 2. The maximum absolute atomic E-state index is 14.3. The number of hydrogen-bond acceptors (Lipinski definition) is 6. The van der Waals surface area contributed by atoms with Crippen molar-refractivity contribution in [2.24, 2.45) is 11.7 Å². The summed E-state index contributed by atoms with van der Waals surface area (Å²) in [7, 11) is 0. The van der Waals surface area contributed by atoms with Gasteiger partial charge in [0.1, 0.15) is 22.2 Å². The van der Waals surface area contributed by atoms with Crippen molar-refractivity contribution >= 4 is 33.1 Å². The summed E-state index contributed by atoms with van der Waals surface area (Å²) in [5, 5.41) is 3.66. The van der Waals surface area contributed by atoms with Crippen LogP contribution in [0.25, 0.3) is 20.8 Å². The monoisotopic (exact) mass is 451 g/mol. The highest BCUT2D eigenvalue weighted by atomic mass is 32.1. The molecule has 5 nitrogen and oxygen atoms in total. The van der Waals surface area contributed by atoms with Crippen LogP contribution in [0.4, 0.5) is 20.3 Å². The average Bonchev–Trinajstić information content (AvgIpc) is 3.18. The second-order valence-corrected chi connectivity index (χ2v) is 9.51. The van der Waals surface area contributed by atoms with Crippen LogP contribution in [0, 0.1) is 17.6 Å². The number of nitrogens with one attached hydrogen (secondary N) is 1. The molecule has 0 saturated heterocycles. The van der Waals surface area contributed by atoms with E-state index in [4.69, 9.17) is 5.73 Å². The van der Waals surface area contributed by atoms with Gasteiger partial charge in [0.15, 0.2) is 5.82 Å². The molecule has 3 N–H and O–H groups in total. The van der Waals surface area contributed by atoms with Gasteiger partial charge in [0.05, 0.1) is 22.1 Å². The third-order valence-corrected chi connectivity index (χ3v) is 7.05. The molecule has 8 heteroatoms. The predicted molar refractivity (Wildman–Crippen MR) is 124 cm³/mol. The lowest BCUT2D eigenvalue weighted by Crippen LogP contribution is -2.31. The van der Waals surface area contributed by atoms with Gasteiger partial charge in [-0.3, -0.25) is 4.98 Å². The van der Waals surface area contributed by atoms with Crippen LogP contribution in [0.2, 0.25) is 0 Å². The molecule has 32 heavy (non-hydrogen) atoms. The number of nitrogens with zero attached hydrogens (tertiary/aromatic N) is 3. The molecule has 1 aromatic carbocycles. The summed E-state index contributed by atoms with van der Waals surface area (Å²) in [6, 6.07) is 7.83. The van der Waals surface area contributed by atoms with Gasteiger partial charge in [-0.1, -0.05) is 13.0 Å². The van der Waals surface area contributed by atoms with E-state index in [1.54, 1.807) is 24.7 Å². The largest absolute Gasteiger partial charge is 0.337 e. The third-order valence-electron chi connectivity index (χ3n) is 6.01. The van der Waals surface area contributed by atoms with E-state index in [-0.39, 0.29) is 16.6 Å². The Morgan fingerprint density at radius 1 is 1.06 bits per heavy atom. The second kappa shape index (κ2) is 8.52. The summed E-state index contributed by atoms with van der Waals surface area (Å²) >= 11 is 1.23. The van der Waals surface area contributed by atoms with Crippen molar-refractivity contribution in [3.05, 3.63) is 66.1 Å². The van der Waals surface area contributed by atoms with Crippen molar-refractivity contribution in [2.45, 2.75) is 38.1 Å². The summed E-state index contributed by atoms with van der Waals surface area (Å²) in [6.07, 6.45) is 8.27. The van der Waals surface area contributed by atoms with Crippen LogP contribution in [0.3, 0.4) is 0 Å². The lowest BCUT2D eigenvalue weighted by molar-refractivity contribution is 0.308. The van der Waals surface area contributed by atoms with Crippen LogP contribution in [0.15, 0.2) is 48.9 Å². The molecule has 5 rings (SSSR count). The number of rotatable bonds is 4. The Kier molecular flexibility index (Phi) is 5.57. The first-order valence-corrected chi connectivity index (χ1v) is 11.5. The van der Waals surface area contributed by atoms with Gasteiger partial charge in [0.2, 0.25) is 0 Å². The normalized spacial score (nSPS) is 21.1. The number of aromatic nitrogens is 3. The lowest BCUT2D eigenvalue weighted by atomic mass is 9.76. The van der Waals surface area contributed by atoms with E-state index in [1.165, 1.54) is 29.5 Å². The summed E-state index contributed by atoms with van der Waals surface area (Å²) in [4.78, 5) is 13.3. The predicted octanol–water partition coefficient (Wildman–Crippen LogP) is 6.01. The molecule has 0 radical (unpaired) electrons. The number of nitrogens with two attached hydrogens (primary N) is 1. The highest BCUT2D eigenvalue weighted by Crippen LogP contribution is 2.40. The summed E-state index contributed by atoms with van der Waals surface area (Å²) in [5.41, 5.74) is 8.75. The Morgan fingerprint density at radius 2 is 1.88 bits per heavy atom. The van der Waals surface area contributed by atoms with Gasteiger partial charge in [-0.15, -0.1) is 11.3 Å². The lowest BCUT2D eigenvalue weighted by Gasteiger charge is -2.32. The molecule has 1 fully saturated rings. The molecule has 3 heterocycles. The molecule has 1 aliphatic rings. The summed E-state index contributed by atoms with van der Waals surface area (Å²) in [5.74, 6) is 0.150. The van der Waals surface area contributed by atoms with Gasteiger partial charge in [-0.2, -0.15) is 0 Å². The minimum absolute atomic E-state index is 0.119. The van der Waals surface area contributed by atoms with E-state index >= 15 is 0 Å². The van der Waals surface area contributed by atoms with Gasteiger partial charge in [-0.25, -0.2) is 18.7 Å². The highest BCUT2D eigenvalue weighted by Gasteiger charge is 2.27. The first kappa shape index (κ1) is 20.9. The van der Waals surface area contributed by atoms with Crippen LogP contribution in [0.5, 0.6) is 0 Å². The van der Waals surface area contributed by atoms with Gasteiger partial charge in [0.25, 0.3) is 0 Å². The van der Waals surface area contributed by atoms with E-state index in [0.29, 0.717) is 23.2 Å². The van der Waals surface area contributed by atoms with Gasteiger partial charge in [-0.05, 0) is 60.9 Å². The van der Waals surface area contributed by atoms with Crippen molar-refractivity contribution in [3.63, 3.8) is 0 Å². The molecule has 0 bridgehead atoms. The fraction of sp³-hybridized carbons (Fsp3) is 0.292. The van der Waals surface area contributed by atoms with E-state index in [1.807, 2.05) is 6.07 Å². The number of benzene rings is 1. The van der Waals surface area contributed by atoms with Crippen LogP contribution >= 0.6 is 11.3 Å². The molecule has 0 amide bonds. The zero-order chi connectivity index (χ0) is 22.2. The average molecular weight is 452 g/mol. The molecular formula is C24H23F2N5S. The van der Waals surface area contributed by atoms with Crippen molar-refractivity contribution in [2.75, 3.05) is 5.32 Å². The SMILES string of the molecule is CC1CC(N)CC(c2ccncc2Nc2nccc3sc(-c4c(F)cccc4F)nc23)C1. The minimum atomic E-state index is -0.635. The summed E-state index contributed by atoms with van der Waals surface area (Å²) < 4.78 is 29.4. The quantitative estimate of drug-likeness (QED) is 0.398. The highest BCUT2D eigenvalue weighted by molar-refractivity contribution is 7.21. The topological polar surface area (TPSA) is 76.7 Å². The zero-order valence-electron chi connectivity index (χ0n) is 17.6. The van der Waals surface area contributed by atoms with E-state index in [0.717, 1.165) is 35.2 Å². The Bertz CT molecular complexity index is 1240. The molecule has 164 valence electrons. The Hall–Kier alpha value is -2.97. The standard InChI is InChI=1S/C24H23F2N5S/c1-13-9-14(11-15(27)10-13)16-5-7-28-12-19(16)30-23-22-20(6-8-29-23)32-24(31-22)21-17(25)3-2-4-18(21)26/h2-8,12-15H,9-11,27H2,1H3,(H,29,30). The number of fused-ring (bicyclic) bond motifs is 1. The van der Waals surface area contributed by atoms with E-state index < -0.39 is 11.6 Å².